The minimum atomic E-state index is -0.186. The number of aromatic nitrogens is 1. The first-order valence-corrected chi connectivity index (χ1v) is 9.33. The van der Waals surface area contributed by atoms with Crippen molar-refractivity contribution in [1.29, 1.82) is 0 Å². The predicted molar refractivity (Wildman–Crippen MR) is 116 cm³/mol. The van der Waals surface area contributed by atoms with Crippen LogP contribution in [0, 0.1) is 0 Å². The molecule has 0 aliphatic carbocycles. The Balaban J connectivity index is 1.86. The molecule has 4 aromatic rings. The number of hydrogen-bond donors (Lipinski definition) is 2. The molecular weight excluding hydrogens is 344 g/mol. The van der Waals surface area contributed by atoms with Crippen molar-refractivity contribution in [3.05, 3.63) is 108 Å². The summed E-state index contributed by atoms with van der Waals surface area (Å²) in [5.74, 6) is 0.283. The summed E-state index contributed by atoms with van der Waals surface area (Å²) in [6, 6.07) is 25.8. The van der Waals surface area contributed by atoms with E-state index in [0.29, 0.717) is 0 Å². The molecule has 4 rings (SSSR count). The van der Waals surface area contributed by atoms with Crippen LogP contribution >= 0.6 is 0 Å². The van der Waals surface area contributed by atoms with E-state index in [1.165, 1.54) is 0 Å². The number of anilines is 1. The number of fused-ring (bicyclic) bond motifs is 1. The van der Waals surface area contributed by atoms with Gasteiger partial charge in [-0.05, 0) is 47.0 Å². The number of phenolic OH excluding ortho intramolecular Hbond substituents is 1. The predicted octanol–water partition coefficient (Wildman–Crippen LogP) is 6.20. The molecule has 3 heteroatoms. The van der Waals surface area contributed by atoms with Crippen LogP contribution in [0.25, 0.3) is 16.8 Å². The highest BCUT2D eigenvalue weighted by molar-refractivity contribution is 5.89. The summed E-state index contributed by atoms with van der Waals surface area (Å²) in [5, 5.41) is 16.5. The average molecular weight is 366 g/mol. The van der Waals surface area contributed by atoms with Crippen molar-refractivity contribution in [3.8, 4) is 5.75 Å². The summed E-state index contributed by atoms with van der Waals surface area (Å²) in [5.41, 5.74) is 4.06. The number of aromatic hydroxyl groups is 1. The third-order valence-corrected chi connectivity index (χ3v) is 4.88. The second-order valence-electron chi connectivity index (χ2n) is 6.83. The lowest BCUT2D eigenvalue weighted by Crippen LogP contribution is -2.13. The number of nitrogens with one attached hydrogen (secondary N) is 1. The Kier molecular flexibility index (Phi) is 5.07. The van der Waals surface area contributed by atoms with Crippen molar-refractivity contribution < 1.29 is 5.11 Å². The summed E-state index contributed by atoms with van der Waals surface area (Å²) in [6.07, 6.45) is 5.68. The van der Waals surface area contributed by atoms with E-state index in [9.17, 15) is 5.11 Å². The quantitative estimate of drug-likeness (QED) is 0.442. The maximum atomic E-state index is 10.8. The van der Waals surface area contributed by atoms with Crippen LogP contribution in [0.15, 0.2) is 96.8 Å². The molecule has 1 heterocycles. The van der Waals surface area contributed by atoms with Gasteiger partial charge in [0.15, 0.2) is 0 Å². The molecule has 0 radical (unpaired) electrons. The van der Waals surface area contributed by atoms with Crippen LogP contribution in [0.3, 0.4) is 0 Å². The molecular formula is C25H22N2O. The Morgan fingerprint density at radius 2 is 1.61 bits per heavy atom. The monoisotopic (exact) mass is 366 g/mol. The minimum Gasteiger partial charge on any atom is -0.508 e. The van der Waals surface area contributed by atoms with Crippen molar-refractivity contribution >= 4 is 22.5 Å². The van der Waals surface area contributed by atoms with E-state index in [0.717, 1.165) is 33.2 Å². The molecule has 0 amide bonds. The largest absolute Gasteiger partial charge is 0.508 e. The van der Waals surface area contributed by atoms with E-state index in [1.807, 2.05) is 48.5 Å². The zero-order chi connectivity index (χ0) is 19.3. The van der Waals surface area contributed by atoms with Gasteiger partial charge in [-0.2, -0.15) is 0 Å². The molecule has 0 spiro atoms. The van der Waals surface area contributed by atoms with Gasteiger partial charge in [-0.25, -0.2) is 0 Å². The van der Waals surface area contributed by atoms with Crippen molar-refractivity contribution in [1.82, 2.24) is 4.98 Å². The van der Waals surface area contributed by atoms with Gasteiger partial charge in [-0.15, -0.1) is 0 Å². The number of benzene rings is 3. The molecule has 0 saturated heterocycles. The Morgan fingerprint density at radius 3 is 2.39 bits per heavy atom. The molecule has 0 bridgehead atoms. The first-order valence-electron chi connectivity index (χ1n) is 9.33. The van der Waals surface area contributed by atoms with Crippen molar-refractivity contribution in [3.63, 3.8) is 0 Å². The second-order valence-corrected chi connectivity index (χ2v) is 6.83. The maximum Gasteiger partial charge on any atom is 0.121 e. The lowest BCUT2D eigenvalue weighted by Gasteiger charge is -2.24. The van der Waals surface area contributed by atoms with Crippen LogP contribution in [0.5, 0.6) is 5.75 Å². The number of hydrogen-bond acceptors (Lipinski definition) is 3. The van der Waals surface area contributed by atoms with Crippen LogP contribution in [0.4, 0.5) is 5.69 Å². The summed E-state index contributed by atoms with van der Waals surface area (Å²) in [6.45, 7) is 2.09. The Bertz CT molecular complexity index is 1110. The van der Waals surface area contributed by atoms with Gasteiger partial charge < -0.3 is 10.4 Å². The van der Waals surface area contributed by atoms with Crippen molar-refractivity contribution in [2.75, 3.05) is 5.32 Å². The standard InChI is InChI=1S/C25H22N2O/c1-18(17-19-7-3-2-4-8-19)25(27-21-13-15-26-16-14-21)24-22-10-6-5-9-20(22)11-12-23(24)28/h2-17,25,28H,1H3,(H,26,27)/b18-17+. The highest BCUT2D eigenvalue weighted by atomic mass is 16.3. The smallest absolute Gasteiger partial charge is 0.121 e. The first-order chi connectivity index (χ1) is 13.7. The van der Waals surface area contributed by atoms with E-state index in [-0.39, 0.29) is 11.8 Å². The van der Waals surface area contributed by atoms with Gasteiger partial charge in [0.25, 0.3) is 0 Å². The maximum absolute atomic E-state index is 10.8. The molecule has 138 valence electrons. The lowest BCUT2D eigenvalue weighted by molar-refractivity contribution is 0.467. The van der Waals surface area contributed by atoms with Crippen LogP contribution < -0.4 is 5.32 Å². The topological polar surface area (TPSA) is 45.2 Å². The highest BCUT2D eigenvalue weighted by Gasteiger charge is 2.20. The van der Waals surface area contributed by atoms with Gasteiger partial charge in [-0.1, -0.05) is 66.7 Å². The Hall–Kier alpha value is -3.59. The van der Waals surface area contributed by atoms with Gasteiger partial charge in [0, 0.05) is 23.6 Å². The second kappa shape index (κ2) is 7.97. The highest BCUT2D eigenvalue weighted by Crippen LogP contribution is 2.38. The fourth-order valence-corrected chi connectivity index (χ4v) is 3.51. The van der Waals surface area contributed by atoms with Crippen LogP contribution in [-0.4, -0.2) is 10.1 Å². The molecule has 0 aliphatic heterocycles. The fraction of sp³-hybridized carbons (Fsp3) is 0.0800. The number of phenols is 1. The van der Waals surface area contributed by atoms with Crippen LogP contribution in [0.2, 0.25) is 0 Å². The normalized spacial score (nSPS) is 12.7. The third-order valence-electron chi connectivity index (χ3n) is 4.88. The number of pyridine rings is 1. The summed E-state index contributed by atoms with van der Waals surface area (Å²) in [4.78, 5) is 4.10. The molecule has 3 nitrogen and oxygen atoms in total. The van der Waals surface area contributed by atoms with E-state index in [4.69, 9.17) is 0 Å². The van der Waals surface area contributed by atoms with Gasteiger partial charge in [-0.3, -0.25) is 4.98 Å². The number of nitrogens with zero attached hydrogens (tertiary/aromatic N) is 1. The SMILES string of the molecule is C/C(=C\c1ccccc1)C(Nc1ccncc1)c1c(O)ccc2ccccc12. The molecule has 1 atom stereocenters. The first kappa shape index (κ1) is 17.8. The van der Waals surface area contributed by atoms with E-state index in [1.54, 1.807) is 18.5 Å². The van der Waals surface area contributed by atoms with Gasteiger partial charge in [0.1, 0.15) is 5.75 Å². The zero-order valence-corrected chi connectivity index (χ0v) is 15.7. The van der Waals surface area contributed by atoms with Gasteiger partial charge >= 0.3 is 0 Å². The van der Waals surface area contributed by atoms with Crippen molar-refractivity contribution in [2.24, 2.45) is 0 Å². The molecule has 1 unspecified atom stereocenters. The molecule has 0 saturated carbocycles. The Labute approximate surface area is 165 Å². The molecule has 28 heavy (non-hydrogen) atoms. The molecule has 1 aromatic heterocycles. The van der Waals surface area contributed by atoms with E-state index in [2.05, 4.69) is 47.6 Å². The molecule has 2 N–H and O–H groups in total. The summed E-state index contributed by atoms with van der Waals surface area (Å²) in [7, 11) is 0. The summed E-state index contributed by atoms with van der Waals surface area (Å²) < 4.78 is 0. The zero-order valence-electron chi connectivity index (χ0n) is 15.7. The third kappa shape index (κ3) is 3.74. The van der Waals surface area contributed by atoms with Crippen molar-refractivity contribution in [2.45, 2.75) is 13.0 Å². The van der Waals surface area contributed by atoms with E-state index < -0.39 is 0 Å². The van der Waals surface area contributed by atoms with Crippen LogP contribution in [-0.2, 0) is 0 Å². The number of rotatable bonds is 5. The molecule has 0 fully saturated rings. The fourth-order valence-electron chi connectivity index (χ4n) is 3.51. The average Bonchev–Trinajstić information content (AvgIpc) is 2.74. The minimum absolute atomic E-state index is 0.186. The van der Waals surface area contributed by atoms with Gasteiger partial charge in [0.05, 0.1) is 6.04 Å². The molecule has 0 aliphatic rings. The molecule has 3 aromatic carbocycles. The van der Waals surface area contributed by atoms with Crippen LogP contribution in [0.1, 0.15) is 24.1 Å². The van der Waals surface area contributed by atoms with E-state index >= 15 is 0 Å². The van der Waals surface area contributed by atoms with Gasteiger partial charge in [0.2, 0.25) is 0 Å². The Morgan fingerprint density at radius 1 is 0.893 bits per heavy atom. The lowest BCUT2D eigenvalue weighted by atomic mass is 9.92. The summed E-state index contributed by atoms with van der Waals surface area (Å²) >= 11 is 0.